The zero-order valence-corrected chi connectivity index (χ0v) is 15.8. The minimum atomic E-state index is -1.04. The second kappa shape index (κ2) is 10.7. The number of carboxylic acids is 2. The smallest absolute Gasteiger partial charge is 0.310 e. The van der Waals surface area contributed by atoms with E-state index < -0.39 is 28.7 Å². The van der Waals surface area contributed by atoms with Gasteiger partial charge >= 0.3 is 11.9 Å². The van der Waals surface area contributed by atoms with E-state index in [0.717, 1.165) is 12.8 Å². The van der Waals surface area contributed by atoms with E-state index in [1.807, 2.05) is 27.7 Å². The van der Waals surface area contributed by atoms with Gasteiger partial charge in [-0.3, -0.25) is 9.59 Å². The molecule has 5 heteroatoms. The Morgan fingerprint density at radius 3 is 1.46 bits per heavy atom. The Morgan fingerprint density at radius 2 is 1.21 bits per heavy atom. The first kappa shape index (κ1) is 22.9. The summed E-state index contributed by atoms with van der Waals surface area (Å²) in [5, 5.41) is 29.8. The van der Waals surface area contributed by atoms with Gasteiger partial charge in [-0.2, -0.15) is 0 Å². The van der Waals surface area contributed by atoms with Crippen LogP contribution in [0.2, 0.25) is 0 Å². The third-order valence-electron chi connectivity index (χ3n) is 5.37. The van der Waals surface area contributed by atoms with Crippen molar-refractivity contribution >= 4 is 11.9 Å². The van der Waals surface area contributed by atoms with Gasteiger partial charge in [0.05, 0.1) is 10.8 Å². The average Bonchev–Trinajstić information content (AvgIpc) is 2.52. The molecule has 0 aliphatic carbocycles. The van der Waals surface area contributed by atoms with Gasteiger partial charge in [0.15, 0.2) is 0 Å². The van der Waals surface area contributed by atoms with Crippen molar-refractivity contribution in [2.45, 2.75) is 85.5 Å². The third-order valence-corrected chi connectivity index (χ3v) is 5.37. The maximum Gasteiger partial charge on any atom is 0.310 e. The number of aliphatic hydroxyl groups is 1. The first-order valence-corrected chi connectivity index (χ1v) is 9.37. The van der Waals surface area contributed by atoms with Crippen LogP contribution in [0.4, 0.5) is 0 Å². The van der Waals surface area contributed by atoms with Gasteiger partial charge in [0.25, 0.3) is 0 Å². The lowest BCUT2D eigenvalue weighted by Gasteiger charge is -2.41. The van der Waals surface area contributed by atoms with E-state index in [1.54, 1.807) is 0 Å². The minimum absolute atomic E-state index is 0.229. The molecule has 0 aliphatic rings. The minimum Gasteiger partial charge on any atom is -0.481 e. The van der Waals surface area contributed by atoms with Crippen LogP contribution in [0.15, 0.2) is 0 Å². The number of hydrogen-bond donors (Lipinski definition) is 3. The van der Waals surface area contributed by atoms with Gasteiger partial charge in [-0.05, 0) is 38.0 Å². The zero-order valence-electron chi connectivity index (χ0n) is 15.8. The molecule has 0 aromatic carbocycles. The molecule has 142 valence electrons. The van der Waals surface area contributed by atoms with E-state index >= 15 is 0 Å². The van der Waals surface area contributed by atoms with Crippen molar-refractivity contribution in [2.75, 3.05) is 6.61 Å². The first-order valence-electron chi connectivity index (χ1n) is 9.37. The van der Waals surface area contributed by atoms with E-state index in [2.05, 4.69) is 0 Å². The summed E-state index contributed by atoms with van der Waals surface area (Å²) >= 11 is 0. The molecule has 0 bridgehead atoms. The number of carbonyl (C=O) groups is 2. The highest BCUT2D eigenvalue weighted by atomic mass is 16.4. The Kier molecular flexibility index (Phi) is 10.2. The van der Waals surface area contributed by atoms with Crippen molar-refractivity contribution in [3.05, 3.63) is 0 Å². The summed E-state index contributed by atoms with van der Waals surface area (Å²) in [6, 6.07) is 0. The summed E-state index contributed by atoms with van der Waals surface area (Å²) < 4.78 is 0. The van der Waals surface area contributed by atoms with Gasteiger partial charge in [-0.25, -0.2) is 0 Å². The van der Waals surface area contributed by atoms with Crippen molar-refractivity contribution in [1.82, 2.24) is 0 Å². The molecule has 0 aromatic rings. The van der Waals surface area contributed by atoms with Gasteiger partial charge in [0, 0.05) is 6.61 Å². The van der Waals surface area contributed by atoms with E-state index in [-0.39, 0.29) is 13.0 Å². The molecule has 5 nitrogen and oxygen atoms in total. The van der Waals surface area contributed by atoms with Crippen molar-refractivity contribution in [1.29, 1.82) is 0 Å². The van der Waals surface area contributed by atoms with Crippen LogP contribution in [0.3, 0.4) is 0 Å². The maximum atomic E-state index is 12.1. The summed E-state index contributed by atoms with van der Waals surface area (Å²) in [4.78, 5) is 24.2. The summed E-state index contributed by atoms with van der Waals surface area (Å²) in [5.41, 5.74) is -1.99. The molecule has 0 spiro atoms. The molecular formula is C19H36O5. The van der Waals surface area contributed by atoms with Crippen LogP contribution in [0.25, 0.3) is 0 Å². The predicted octanol–water partition coefficient (Wildman–Crippen LogP) is 4.33. The Morgan fingerprint density at radius 1 is 0.792 bits per heavy atom. The molecule has 1 atom stereocenters. The Hall–Kier alpha value is -1.10. The standard InChI is InChI=1S/C19H36O5/c1-5-9-18(10-6-2,16(21)22)13-15(14-20)19(11-7-3,12-8-4)17(23)24/h15,20H,5-14H2,1-4H3,(H,21,22)(H,23,24). The summed E-state index contributed by atoms with van der Waals surface area (Å²) in [5.74, 6) is -2.31. The van der Waals surface area contributed by atoms with Gasteiger partial charge in [0.1, 0.15) is 0 Å². The molecule has 0 saturated heterocycles. The highest BCUT2D eigenvalue weighted by Gasteiger charge is 2.49. The fourth-order valence-corrected chi connectivity index (χ4v) is 4.31. The van der Waals surface area contributed by atoms with Crippen molar-refractivity contribution in [3.8, 4) is 0 Å². The second-order valence-corrected chi connectivity index (χ2v) is 7.13. The molecule has 1 unspecified atom stereocenters. The molecule has 0 aromatic heterocycles. The fraction of sp³-hybridized carbons (Fsp3) is 0.895. The lowest BCUT2D eigenvalue weighted by Crippen LogP contribution is -2.45. The lowest BCUT2D eigenvalue weighted by molar-refractivity contribution is -0.162. The first-order chi connectivity index (χ1) is 11.3. The monoisotopic (exact) mass is 344 g/mol. The summed E-state index contributed by atoms with van der Waals surface area (Å²) in [6.45, 7) is 7.48. The highest BCUT2D eigenvalue weighted by Crippen LogP contribution is 2.47. The van der Waals surface area contributed by atoms with Crippen LogP contribution in [-0.2, 0) is 9.59 Å². The Labute approximate surface area is 146 Å². The van der Waals surface area contributed by atoms with Gasteiger partial charge in [-0.15, -0.1) is 0 Å². The number of aliphatic hydroxyl groups excluding tert-OH is 1. The average molecular weight is 344 g/mol. The molecule has 0 radical (unpaired) electrons. The zero-order chi connectivity index (χ0) is 18.8. The maximum absolute atomic E-state index is 12.1. The van der Waals surface area contributed by atoms with E-state index in [0.29, 0.717) is 38.5 Å². The van der Waals surface area contributed by atoms with Gasteiger partial charge < -0.3 is 15.3 Å². The van der Waals surface area contributed by atoms with Crippen molar-refractivity contribution < 1.29 is 24.9 Å². The van der Waals surface area contributed by atoms with E-state index in [4.69, 9.17) is 0 Å². The number of hydrogen-bond acceptors (Lipinski definition) is 3. The SMILES string of the molecule is CCCC(CCC)(CC(CO)C(CCC)(CCC)C(=O)O)C(=O)O. The molecule has 0 fully saturated rings. The summed E-state index contributed by atoms with van der Waals surface area (Å²) in [6.07, 6.45) is 5.05. The third kappa shape index (κ3) is 5.20. The number of rotatable bonds is 14. The van der Waals surface area contributed by atoms with Crippen LogP contribution in [-0.4, -0.2) is 33.9 Å². The highest BCUT2D eigenvalue weighted by molar-refractivity contribution is 5.77. The fourth-order valence-electron chi connectivity index (χ4n) is 4.31. The molecule has 24 heavy (non-hydrogen) atoms. The quantitative estimate of drug-likeness (QED) is 0.436. The van der Waals surface area contributed by atoms with Gasteiger partial charge in [-0.1, -0.05) is 53.4 Å². The largest absolute Gasteiger partial charge is 0.481 e. The molecule has 0 rings (SSSR count). The molecule has 0 saturated carbocycles. The predicted molar refractivity (Wildman–Crippen MR) is 95.0 cm³/mol. The lowest BCUT2D eigenvalue weighted by atomic mass is 9.62. The van der Waals surface area contributed by atoms with Crippen molar-refractivity contribution in [2.24, 2.45) is 16.7 Å². The van der Waals surface area contributed by atoms with Crippen molar-refractivity contribution in [3.63, 3.8) is 0 Å². The van der Waals surface area contributed by atoms with Gasteiger partial charge in [0.2, 0.25) is 0 Å². The van der Waals surface area contributed by atoms with E-state index in [1.165, 1.54) is 0 Å². The van der Waals surface area contributed by atoms with Crippen LogP contribution in [0.1, 0.15) is 85.5 Å². The number of aliphatic carboxylic acids is 2. The molecule has 3 N–H and O–H groups in total. The van der Waals surface area contributed by atoms with Crippen LogP contribution < -0.4 is 0 Å². The van der Waals surface area contributed by atoms with E-state index in [9.17, 15) is 24.9 Å². The number of carboxylic acid groups (broad SMARTS) is 2. The normalized spacial score (nSPS) is 13.7. The van der Waals surface area contributed by atoms with Crippen LogP contribution in [0.5, 0.6) is 0 Å². The summed E-state index contributed by atoms with van der Waals surface area (Å²) in [7, 11) is 0. The van der Waals surface area contributed by atoms with Crippen LogP contribution >= 0.6 is 0 Å². The second-order valence-electron chi connectivity index (χ2n) is 7.13. The van der Waals surface area contributed by atoms with Crippen LogP contribution in [0, 0.1) is 16.7 Å². The molecule has 0 amide bonds. The Bertz CT molecular complexity index is 379. The molecule has 0 heterocycles. The molecule has 0 aliphatic heterocycles. The molecular weight excluding hydrogens is 308 g/mol. The topological polar surface area (TPSA) is 94.8 Å². The Balaban J connectivity index is 5.88.